The molecule has 1 N–H and O–H groups in total. The fourth-order valence-corrected chi connectivity index (χ4v) is 2.16. The fraction of sp³-hybridized carbons (Fsp3) is 0.385. The van der Waals surface area contributed by atoms with Gasteiger partial charge in [-0.3, -0.25) is 9.13 Å². The minimum Gasteiger partial charge on any atom is -0.480 e. The van der Waals surface area contributed by atoms with Crippen LogP contribution in [0.3, 0.4) is 0 Å². The van der Waals surface area contributed by atoms with Crippen molar-refractivity contribution in [1.82, 2.24) is 9.13 Å². The number of nitrogens with zero attached hydrogens (tertiary/aromatic N) is 2. The van der Waals surface area contributed by atoms with Crippen LogP contribution in [0.2, 0.25) is 0 Å². The number of carboxylic acids is 1. The van der Waals surface area contributed by atoms with E-state index in [9.17, 15) is 9.59 Å². The predicted molar refractivity (Wildman–Crippen MR) is 68.8 cm³/mol. The molecule has 1 aromatic heterocycles. The highest BCUT2D eigenvalue weighted by atomic mass is 16.4. The molecule has 5 nitrogen and oxygen atoms in total. The summed E-state index contributed by atoms with van der Waals surface area (Å²) >= 11 is 0. The number of hydrogen-bond donors (Lipinski definition) is 1. The zero-order valence-electron chi connectivity index (χ0n) is 10.5. The molecule has 0 aliphatic rings. The number of aryl methyl sites for hydroxylation is 1. The molecule has 0 fully saturated rings. The number of fused-ring (bicyclic) bond motifs is 1. The van der Waals surface area contributed by atoms with Crippen LogP contribution in [-0.2, 0) is 11.3 Å². The molecule has 2 rings (SSSR count). The third kappa shape index (κ3) is 1.81. The molecule has 0 saturated carbocycles. The Labute approximate surface area is 104 Å². The van der Waals surface area contributed by atoms with Gasteiger partial charge in [0.05, 0.1) is 11.0 Å². The average Bonchev–Trinajstić information content (AvgIpc) is 2.62. The molecule has 1 heterocycles. The summed E-state index contributed by atoms with van der Waals surface area (Å²) in [5, 5.41) is 9.09. The van der Waals surface area contributed by atoms with Crippen molar-refractivity contribution < 1.29 is 9.90 Å². The number of aromatic nitrogens is 2. The Bertz CT molecular complexity index is 639. The molecule has 96 valence electrons. The Balaban J connectivity index is 2.77. The second-order valence-corrected chi connectivity index (χ2v) is 4.31. The van der Waals surface area contributed by atoms with Crippen LogP contribution in [-0.4, -0.2) is 20.2 Å². The molecule has 2 aromatic rings. The van der Waals surface area contributed by atoms with Crippen molar-refractivity contribution in [1.29, 1.82) is 0 Å². The van der Waals surface area contributed by atoms with Gasteiger partial charge in [-0.1, -0.05) is 19.1 Å². The lowest BCUT2D eigenvalue weighted by Gasteiger charge is -2.07. The van der Waals surface area contributed by atoms with E-state index < -0.39 is 12.0 Å². The van der Waals surface area contributed by atoms with E-state index in [1.54, 1.807) is 10.6 Å². The Kier molecular flexibility index (Phi) is 3.23. The van der Waals surface area contributed by atoms with Gasteiger partial charge in [0.15, 0.2) is 0 Å². The molecule has 0 bridgehead atoms. The van der Waals surface area contributed by atoms with Gasteiger partial charge in [-0.05, 0) is 25.5 Å². The lowest BCUT2D eigenvalue weighted by Crippen LogP contribution is -2.29. The Morgan fingerprint density at radius 2 is 1.94 bits per heavy atom. The Morgan fingerprint density at radius 1 is 1.33 bits per heavy atom. The van der Waals surface area contributed by atoms with Gasteiger partial charge < -0.3 is 5.11 Å². The van der Waals surface area contributed by atoms with Crippen LogP contribution in [0.4, 0.5) is 0 Å². The highest BCUT2D eigenvalue weighted by molar-refractivity contribution is 5.80. The molecular formula is C13H16N2O3. The maximum absolute atomic E-state index is 12.3. The zero-order chi connectivity index (χ0) is 13.3. The molecule has 0 spiro atoms. The summed E-state index contributed by atoms with van der Waals surface area (Å²) in [5.41, 5.74) is 1.20. The molecule has 0 aliphatic carbocycles. The van der Waals surface area contributed by atoms with Crippen LogP contribution < -0.4 is 5.69 Å². The smallest absolute Gasteiger partial charge is 0.329 e. The summed E-state index contributed by atoms with van der Waals surface area (Å²) in [5.74, 6) is -1.00. The van der Waals surface area contributed by atoms with E-state index in [1.165, 1.54) is 11.5 Å². The van der Waals surface area contributed by atoms with Gasteiger partial charge in [0, 0.05) is 6.54 Å². The molecule has 0 amide bonds. The lowest BCUT2D eigenvalue weighted by atomic mass is 10.3. The summed E-state index contributed by atoms with van der Waals surface area (Å²) in [6, 6.07) is 6.42. The van der Waals surface area contributed by atoms with Crippen LogP contribution in [0, 0.1) is 0 Å². The van der Waals surface area contributed by atoms with Crippen LogP contribution in [0.1, 0.15) is 26.3 Å². The second-order valence-electron chi connectivity index (χ2n) is 4.31. The monoisotopic (exact) mass is 248 g/mol. The Hall–Kier alpha value is -2.04. The zero-order valence-corrected chi connectivity index (χ0v) is 10.5. The molecule has 1 unspecified atom stereocenters. The van der Waals surface area contributed by atoms with Crippen LogP contribution in [0.15, 0.2) is 29.1 Å². The summed E-state index contributed by atoms with van der Waals surface area (Å²) in [4.78, 5) is 23.4. The molecule has 1 aromatic carbocycles. The minimum absolute atomic E-state index is 0.257. The molecule has 5 heteroatoms. The van der Waals surface area contributed by atoms with E-state index >= 15 is 0 Å². The van der Waals surface area contributed by atoms with Gasteiger partial charge in [-0.2, -0.15) is 0 Å². The van der Waals surface area contributed by atoms with Gasteiger partial charge in [0.25, 0.3) is 0 Å². The van der Waals surface area contributed by atoms with Crippen molar-refractivity contribution in [3.05, 3.63) is 34.7 Å². The summed E-state index contributed by atoms with van der Waals surface area (Å²) < 4.78 is 2.97. The maximum Gasteiger partial charge on any atom is 0.329 e. The summed E-state index contributed by atoms with van der Waals surface area (Å²) in [7, 11) is 0. The van der Waals surface area contributed by atoms with Crippen LogP contribution in [0.5, 0.6) is 0 Å². The molecule has 1 atom stereocenters. The average molecular weight is 248 g/mol. The number of carbonyl (C=O) groups is 1. The highest BCUT2D eigenvalue weighted by Gasteiger charge is 2.21. The first kappa shape index (κ1) is 12.4. The lowest BCUT2D eigenvalue weighted by molar-refractivity contribution is -0.140. The largest absolute Gasteiger partial charge is 0.480 e. The van der Waals surface area contributed by atoms with Crippen molar-refractivity contribution in [2.75, 3.05) is 0 Å². The van der Waals surface area contributed by atoms with Crippen LogP contribution in [0.25, 0.3) is 11.0 Å². The van der Waals surface area contributed by atoms with E-state index in [2.05, 4.69) is 0 Å². The topological polar surface area (TPSA) is 64.2 Å². The number of hydrogen-bond acceptors (Lipinski definition) is 2. The minimum atomic E-state index is -1.00. The highest BCUT2D eigenvalue weighted by Crippen LogP contribution is 2.17. The van der Waals surface area contributed by atoms with Gasteiger partial charge in [0.1, 0.15) is 6.04 Å². The first-order chi connectivity index (χ1) is 8.57. The van der Waals surface area contributed by atoms with Crippen molar-refractivity contribution in [3.63, 3.8) is 0 Å². The standard InChI is InChI=1S/C13H16N2O3/c1-3-8-14-10-6-4-5-7-11(10)15(13(14)18)9(2)12(16)17/h4-7,9H,3,8H2,1-2H3,(H,16,17). The number of benzene rings is 1. The van der Waals surface area contributed by atoms with Gasteiger partial charge in [-0.15, -0.1) is 0 Å². The first-order valence-electron chi connectivity index (χ1n) is 6.00. The number of para-hydroxylation sites is 2. The fourth-order valence-electron chi connectivity index (χ4n) is 2.16. The van der Waals surface area contributed by atoms with Crippen molar-refractivity contribution in [3.8, 4) is 0 Å². The predicted octanol–water partition coefficient (Wildman–Crippen LogP) is 1.86. The third-order valence-electron chi connectivity index (χ3n) is 3.06. The van der Waals surface area contributed by atoms with Crippen molar-refractivity contribution in [2.24, 2.45) is 0 Å². The Morgan fingerprint density at radius 3 is 2.50 bits per heavy atom. The van der Waals surface area contributed by atoms with Gasteiger partial charge in [0.2, 0.25) is 0 Å². The normalized spacial score (nSPS) is 12.8. The third-order valence-corrected chi connectivity index (χ3v) is 3.06. The van der Waals surface area contributed by atoms with Crippen LogP contribution >= 0.6 is 0 Å². The quantitative estimate of drug-likeness (QED) is 0.898. The summed E-state index contributed by atoms with van der Waals surface area (Å²) in [6.07, 6.45) is 0.829. The second kappa shape index (κ2) is 4.68. The van der Waals surface area contributed by atoms with Crippen molar-refractivity contribution in [2.45, 2.75) is 32.9 Å². The van der Waals surface area contributed by atoms with E-state index in [0.29, 0.717) is 12.1 Å². The van der Waals surface area contributed by atoms with E-state index in [-0.39, 0.29) is 5.69 Å². The first-order valence-corrected chi connectivity index (χ1v) is 6.00. The molecule has 0 saturated heterocycles. The maximum atomic E-state index is 12.3. The van der Waals surface area contributed by atoms with Gasteiger partial charge >= 0.3 is 11.7 Å². The van der Waals surface area contributed by atoms with E-state index in [0.717, 1.165) is 11.9 Å². The summed E-state index contributed by atoms with van der Waals surface area (Å²) in [6.45, 7) is 4.10. The SMILES string of the molecule is CCCn1c(=O)n(C(C)C(=O)O)c2ccccc21. The molecule has 0 radical (unpaired) electrons. The number of aliphatic carboxylic acids is 1. The number of imidazole rings is 1. The number of rotatable bonds is 4. The van der Waals surface area contributed by atoms with Crippen molar-refractivity contribution >= 4 is 17.0 Å². The van der Waals surface area contributed by atoms with E-state index in [4.69, 9.17) is 5.11 Å². The molecule has 0 aliphatic heterocycles. The van der Waals surface area contributed by atoms with E-state index in [1.807, 2.05) is 25.1 Å². The molecule has 18 heavy (non-hydrogen) atoms. The van der Waals surface area contributed by atoms with Gasteiger partial charge in [-0.25, -0.2) is 9.59 Å². The molecular weight excluding hydrogens is 232 g/mol. The number of carboxylic acid groups (broad SMARTS) is 1.